The molecule has 0 aliphatic rings. The highest BCUT2D eigenvalue weighted by Crippen LogP contribution is 2.30. The molecule has 3 aromatic rings. The number of aryl methyl sites for hydroxylation is 2. The first-order valence-electron chi connectivity index (χ1n) is 11.5. The van der Waals surface area contributed by atoms with Crippen molar-refractivity contribution in [2.45, 2.75) is 64.9 Å². The lowest BCUT2D eigenvalue weighted by Gasteiger charge is -2.13. The van der Waals surface area contributed by atoms with Crippen molar-refractivity contribution in [3.8, 4) is 17.1 Å². The Morgan fingerprint density at radius 2 is 2.00 bits per heavy atom. The van der Waals surface area contributed by atoms with Crippen LogP contribution in [0.15, 0.2) is 27.9 Å². The molecule has 0 saturated carbocycles. The molecule has 186 valence electrons. The summed E-state index contributed by atoms with van der Waals surface area (Å²) in [5.41, 5.74) is 0.993. The normalized spacial score (nSPS) is 12.1. The van der Waals surface area contributed by atoms with E-state index in [4.69, 9.17) is 9.47 Å². The number of hydrogen-bond acceptors (Lipinski definition) is 7. The van der Waals surface area contributed by atoms with Gasteiger partial charge in [-0.3, -0.25) is 4.79 Å². The van der Waals surface area contributed by atoms with Gasteiger partial charge in [-0.05, 0) is 58.7 Å². The van der Waals surface area contributed by atoms with Crippen LogP contribution in [0.3, 0.4) is 0 Å². The van der Waals surface area contributed by atoms with Gasteiger partial charge >= 0.3 is 0 Å². The minimum Gasteiger partial charge on any atom is -0.493 e. The minimum atomic E-state index is -3.79. The Morgan fingerprint density at radius 3 is 2.68 bits per heavy atom. The van der Waals surface area contributed by atoms with Crippen molar-refractivity contribution in [3.05, 3.63) is 40.1 Å². The number of ether oxygens (including phenoxy) is 2. The number of H-pyrrole nitrogens is 1. The predicted molar refractivity (Wildman–Crippen MR) is 130 cm³/mol. The average Bonchev–Trinajstić information content (AvgIpc) is 3.09. The van der Waals surface area contributed by atoms with Crippen LogP contribution in [0, 0.1) is 6.92 Å². The van der Waals surface area contributed by atoms with Gasteiger partial charge in [0.05, 0.1) is 28.9 Å². The molecule has 0 aliphatic carbocycles. The Balaban J connectivity index is 2.01. The number of hydrogen-bond donors (Lipinski definition) is 2. The fraction of sp³-hybridized carbons (Fsp3) is 0.522. The Bertz CT molecular complexity index is 1300. The van der Waals surface area contributed by atoms with Crippen LogP contribution in [-0.2, 0) is 21.2 Å². The summed E-state index contributed by atoms with van der Waals surface area (Å²) >= 11 is 0. The van der Waals surface area contributed by atoms with Crippen LogP contribution in [0.5, 0.6) is 5.75 Å². The highest BCUT2D eigenvalue weighted by molar-refractivity contribution is 7.89. The second kappa shape index (κ2) is 11.1. The van der Waals surface area contributed by atoms with E-state index in [1.807, 2.05) is 27.7 Å². The number of nitrogens with zero attached hydrogens (tertiary/aromatic N) is 3. The highest BCUT2D eigenvalue weighted by Gasteiger charge is 2.20. The first kappa shape index (κ1) is 25.9. The van der Waals surface area contributed by atoms with Gasteiger partial charge in [0.25, 0.3) is 5.56 Å². The van der Waals surface area contributed by atoms with Crippen molar-refractivity contribution in [1.29, 1.82) is 0 Å². The summed E-state index contributed by atoms with van der Waals surface area (Å²) in [5, 5.41) is 4.60. The van der Waals surface area contributed by atoms with Gasteiger partial charge in [0.2, 0.25) is 10.0 Å². The zero-order chi connectivity index (χ0) is 24.9. The number of benzene rings is 1. The van der Waals surface area contributed by atoms with E-state index in [9.17, 15) is 13.2 Å². The van der Waals surface area contributed by atoms with E-state index >= 15 is 0 Å². The molecule has 2 heterocycles. The second-order valence-electron chi connectivity index (χ2n) is 8.19. The third-order valence-electron chi connectivity index (χ3n) is 5.10. The lowest BCUT2D eigenvalue weighted by molar-refractivity contribution is 0.0778. The van der Waals surface area contributed by atoms with Gasteiger partial charge in [-0.2, -0.15) is 0 Å². The molecule has 0 aliphatic heterocycles. The number of aromatic nitrogens is 4. The first-order valence-corrected chi connectivity index (χ1v) is 13.0. The molecule has 0 spiro atoms. The van der Waals surface area contributed by atoms with E-state index < -0.39 is 10.0 Å². The molecule has 0 fully saturated rings. The number of rotatable bonds is 12. The van der Waals surface area contributed by atoms with Crippen LogP contribution >= 0.6 is 0 Å². The molecule has 3 rings (SSSR count). The molecule has 34 heavy (non-hydrogen) atoms. The van der Waals surface area contributed by atoms with Crippen molar-refractivity contribution in [1.82, 2.24) is 24.3 Å². The van der Waals surface area contributed by atoms with Gasteiger partial charge in [-0.1, -0.05) is 6.92 Å². The van der Waals surface area contributed by atoms with Gasteiger partial charge in [-0.15, -0.1) is 5.10 Å². The lowest BCUT2D eigenvalue weighted by atomic mass is 10.2. The SMILES string of the molecule is CCCc1nc(C)c2c(=O)[nH]c(-c3cc(S(=O)(=O)NCCCOC(C)C)ccc3OCC)nn12. The Morgan fingerprint density at radius 1 is 1.24 bits per heavy atom. The van der Waals surface area contributed by atoms with Crippen molar-refractivity contribution >= 4 is 15.5 Å². The van der Waals surface area contributed by atoms with E-state index in [-0.39, 0.29) is 28.9 Å². The largest absolute Gasteiger partial charge is 0.493 e. The number of nitrogens with one attached hydrogen (secondary N) is 2. The van der Waals surface area contributed by atoms with Gasteiger partial charge in [0.1, 0.15) is 11.6 Å². The first-order chi connectivity index (χ1) is 16.2. The standard InChI is InChI=1S/C23H33N5O5S/c1-6-9-20-25-16(5)21-23(29)26-22(27-28(20)21)18-14-17(10-11-19(18)32-7-2)34(30,31)24-12-8-13-33-15(3)4/h10-11,14-15,24H,6-9,12-13H2,1-5H3,(H,26,27,29). The quantitative estimate of drug-likeness (QED) is 0.373. The third kappa shape index (κ3) is 5.83. The van der Waals surface area contributed by atoms with Crippen LogP contribution < -0.4 is 15.0 Å². The summed E-state index contributed by atoms with van der Waals surface area (Å²) in [6.45, 7) is 10.5. The maximum atomic E-state index is 12.9. The smallest absolute Gasteiger partial charge is 0.277 e. The third-order valence-corrected chi connectivity index (χ3v) is 6.56. The maximum Gasteiger partial charge on any atom is 0.277 e. The van der Waals surface area contributed by atoms with Crippen molar-refractivity contribution in [2.75, 3.05) is 19.8 Å². The molecule has 11 heteroatoms. The molecule has 0 amide bonds. The summed E-state index contributed by atoms with van der Waals surface area (Å²) in [6.07, 6.45) is 2.14. The highest BCUT2D eigenvalue weighted by atomic mass is 32.2. The van der Waals surface area contributed by atoms with Crippen molar-refractivity contribution in [3.63, 3.8) is 0 Å². The van der Waals surface area contributed by atoms with E-state index in [1.54, 1.807) is 13.0 Å². The summed E-state index contributed by atoms with van der Waals surface area (Å²) in [5.74, 6) is 1.30. The van der Waals surface area contributed by atoms with E-state index in [1.165, 1.54) is 16.6 Å². The number of aromatic amines is 1. The van der Waals surface area contributed by atoms with Crippen LogP contribution in [0.4, 0.5) is 0 Å². The van der Waals surface area contributed by atoms with E-state index in [0.717, 1.165) is 6.42 Å². The molecule has 2 aromatic heterocycles. The summed E-state index contributed by atoms with van der Waals surface area (Å²) in [7, 11) is -3.79. The zero-order valence-corrected chi connectivity index (χ0v) is 21.2. The molecule has 2 N–H and O–H groups in total. The van der Waals surface area contributed by atoms with Crippen LogP contribution in [0.2, 0.25) is 0 Å². The number of imidazole rings is 1. The molecule has 1 aromatic carbocycles. The molecule has 0 bridgehead atoms. The minimum absolute atomic E-state index is 0.0501. The van der Waals surface area contributed by atoms with E-state index in [0.29, 0.717) is 54.4 Å². The van der Waals surface area contributed by atoms with Crippen molar-refractivity contribution < 1.29 is 17.9 Å². The molecule has 0 unspecified atom stereocenters. The summed E-state index contributed by atoms with van der Waals surface area (Å²) < 4.78 is 41.1. The molecular weight excluding hydrogens is 458 g/mol. The van der Waals surface area contributed by atoms with Crippen molar-refractivity contribution in [2.24, 2.45) is 0 Å². The summed E-state index contributed by atoms with van der Waals surface area (Å²) in [4.78, 5) is 20.2. The molecule has 0 atom stereocenters. The summed E-state index contributed by atoms with van der Waals surface area (Å²) in [6, 6.07) is 4.51. The van der Waals surface area contributed by atoms with Crippen LogP contribution in [0.1, 0.15) is 52.1 Å². The lowest BCUT2D eigenvalue weighted by Crippen LogP contribution is -2.26. The molecular formula is C23H33N5O5S. The van der Waals surface area contributed by atoms with Gasteiger partial charge in [0, 0.05) is 19.6 Å². The van der Waals surface area contributed by atoms with Gasteiger partial charge in [0.15, 0.2) is 11.3 Å². The fourth-order valence-corrected chi connectivity index (χ4v) is 4.67. The zero-order valence-electron chi connectivity index (χ0n) is 20.3. The fourth-order valence-electron chi connectivity index (χ4n) is 3.57. The second-order valence-corrected chi connectivity index (χ2v) is 9.96. The Labute approximate surface area is 199 Å². The maximum absolute atomic E-state index is 12.9. The monoisotopic (exact) mass is 491 g/mol. The Hall–Kier alpha value is -2.76. The van der Waals surface area contributed by atoms with Crippen LogP contribution in [-0.4, -0.2) is 53.9 Å². The predicted octanol–water partition coefficient (Wildman–Crippen LogP) is 2.84. The van der Waals surface area contributed by atoms with Gasteiger partial charge in [-0.25, -0.2) is 22.6 Å². The molecule has 0 radical (unpaired) electrons. The van der Waals surface area contributed by atoms with E-state index in [2.05, 4.69) is 19.8 Å². The van der Waals surface area contributed by atoms with Crippen LogP contribution in [0.25, 0.3) is 16.9 Å². The number of fused-ring (bicyclic) bond motifs is 1. The molecule has 0 saturated heterocycles. The molecule has 10 nitrogen and oxygen atoms in total. The number of sulfonamides is 1. The Kier molecular flexibility index (Phi) is 8.45. The topological polar surface area (TPSA) is 128 Å². The average molecular weight is 492 g/mol. The van der Waals surface area contributed by atoms with Gasteiger partial charge < -0.3 is 14.5 Å².